The van der Waals surface area contributed by atoms with Crippen LogP contribution in [-0.2, 0) is 15.4 Å². The smallest absolute Gasteiger partial charge is 0.179 e. The van der Waals surface area contributed by atoms with Crippen molar-refractivity contribution in [2.24, 2.45) is 10.7 Å². The number of aliphatic imine (C=N–C) groups is 1. The number of halogens is 1. The van der Waals surface area contributed by atoms with Crippen LogP contribution in [0, 0.1) is 17.1 Å². The number of pyridine rings is 1. The molecule has 164 valence electrons. The van der Waals surface area contributed by atoms with Crippen molar-refractivity contribution >= 4 is 38.1 Å². The lowest BCUT2D eigenvalue weighted by molar-refractivity contribution is 0.476. The number of hydrogen-bond acceptors (Lipinski definition) is 9. The van der Waals surface area contributed by atoms with Crippen molar-refractivity contribution in [3.8, 4) is 6.07 Å². The van der Waals surface area contributed by atoms with Crippen LogP contribution in [0.4, 0.5) is 15.9 Å². The number of hydrogen-bond donors (Lipinski definition) is 2. The number of benzene rings is 1. The van der Waals surface area contributed by atoms with E-state index in [0.29, 0.717) is 28.0 Å². The Labute approximate surface area is 184 Å². The summed E-state index contributed by atoms with van der Waals surface area (Å²) in [6, 6.07) is 7.83. The van der Waals surface area contributed by atoms with Crippen LogP contribution >= 0.6 is 0 Å². The summed E-state index contributed by atoms with van der Waals surface area (Å²) in [5.74, 6) is -0.762. The van der Waals surface area contributed by atoms with E-state index in [1.54, 1.807) is 6.07 Å². The molecule has 0 spiro atoms. The predicted molar refractivity (Wildman–Crippen MR) is 119 cm³/mol. The number of nitrogens with zero attached hydrogens (tertiary/aromatic N) is 5. The van der Waals surface area contributed by atoms with Gasteiger partial charge in [-0.05, 0) is 45.0 Å². The van der Waals surface area contributed by atoms with E-state index in [1.807, 2.05) is 6.07 Å². The second-order valence-electron chi connectivity index (χ2n) is 8.33. The van der Waals surface area contributed by atoms with E-state index in [1.165, 1.54) is 51.4 Å². The SMILES string of the molecule is CC1(C)C(N)=N[C@](C)(c2cc(Nc3nncc4cc(C#N)cnc34)ccc2F)CS1(=O)=O. The third-order valence-corrected chi connectivity index (χ3v) is 8.37. The maximum absolute atomic E-state index is 14.8. The molecule has 32 heavy (non-hydrogen) atoms. The lowest BCUT2D eigenvalue weighted by Crippen LogP contribution is -2.54. The van der Waals surface area contributed by atoms with Gasteiger partial charge in [0.15, 0.2) is 15.7 Å². The van der Waals surface area contributed by atoms with E-state index >= 15 is 0 Å². The van der Waals surface area contributed by atoms with E-state index in [0.717, 1.165) is 0 Å². The summed E-state index contributed by atoms with van der Waals surface area (Å²) in [4.78, 5) is 8.64. The first-order chi connectivity index (χ1) is 15.0. The van der Waals surface area contributed by atoms with Crippen molar-refractivity contribution in [3.63, 3.8) is 0 Å². The zero-order chi connectivity index (χ0) is 23.3. The fourth-order valence-corrected chi connectivity index (χ4v) is 5.24. The zero-order valence-corrected chi connectivity index (χ0v) is 18.4. The van der Waals surface area contributed by atoms with Crippen LogP contribution in [-0.4, -0.2) is 39.9 Å². The topological polar surface area (TPSA) is 147 Å². The van der Waals surface area contributed by atoms with E-state index < -0.39 is 25.9 Å². The quantitative estimate of drug-likeness (QED) is 0.615. The molecule has 4 rings (SSSR count). The van der Waals surface area contributed by atoms with Gasteiger partial charge in [0, 0.05) is 22.8 Å². The summed E-state index contributed by atoms with van der Waals surface area (Å²) in [5.41, 5.74) is 5.95. The van der Waals surface area contributed by atoms with Gasteiger partial charge in [-0.3, -0.25) is 9.98 Å². The molecule has 3 heterocycles. The second kappa shape index (κ2) is 7.20. The van der Waals surface area contributed by atoms with Gasteiger partial charge in [0.25, 0.3) is 0 Å². The monoisotopic (exact) mass is 453 g/mol. The lowest BCUT2D eigenvalue weighted by atomic mass is 9.92. The maximum Gasteiger partial charge on any atom is 0.179 e. The standard InChI is InChI=1S/C21H20FN7O2S/c1-20(2)19(24)28-21(3,11-32(20,30)31)15-7-14(4-5-16(15)22)27-18-17-13(10-26-29-18)6-12(8-23)9-25-17/h4-7,9-10H,11H2,1-3H3,(H2,24,28)(H,27,29)/t21-/m0/s1. The van der Waals surface area contributed by atoms with Gasteiger partial charge < -0.3 is 11.1 Å². The minimum atomic E-state index is -3.69. The molecule has 9 nitrogen and oxygen atoms in total. The molecule has 3 N–H and O–H groups in total. The van der Waals surface area contributed by atoms with Crippen LogP contribution in [0.25, 0.3) is 10.9 Å². The van der Waals surface area contributed by atoms with Crippen molar-refractivity contribution in [1.82, 2.24) is 15.2 Å². The summed E-state index contributed by atoms with van der Waals surface area (Å²) in [5, 5.41) is 20.7. The first kappa shape index (κ1) is 21.6. The first-order valence-electron chi connectivity index (χ1n) is 9.63. The van der Waals surface area contributed by atoms with Gasteiger partial charge >= 0.3 is 0 Å². The normalized spacial score (nSPS) is 21.5. The first-order valence-corrected chi connectivity index (χ1v) is 11.3. The molecule has 1 aromatic carbocycles. The van der Waals surface area contributed by atoms with Gasteiger partial charge in [0.05, 0.1) is 17.5 Å². The highest BCUT2D eigenvalue weighted by molar-refractivity contribution is 7.93. The molecule has 0 fully saturated rings. The third kappa shape index (κ3) is 3.42. The number of anilines is 2. The van der Waals surface area contributed by atoms with Gasteiger partial charge in [-0.1, -0.05) is 0 Å². The molecule has 2 aromatic heterocycles. The Hall–Kier alpha value is -3.65. The van der Waals surface area contributed by atoms with Crippen molar-refractivity contribution in [3.05, 3.63) is 53.6 Å². The summed E-state index contributed by atoms with van der Waals surface area (Å²) in [6.07, 6.45) is 2.90. The fraction of sp³-hybridized carbons (Fsp3) is 0.286. The lowest BCUT2D eigenvalue weighted by Gasteiger charge is -2.38. The van der Waals surface area contributed by atoms with Crippen molar-refractivity contribution in [2.45, 2.75) is 31.1 Å². The summed E-state index contributed by atoms with van der Waals surface area (Å²) >= 11 is 0. The van der Waals surface area contributed by atoms with E-state index in [9.17, 15) is 12.8 Å². The highest BCUT2D eigenvalue weighted by Gasteiger charge is 2.49. The van der Waals surface area contributed by atoms with E-state index in [-0.39, 0.29) is 17.2 Å². The van der Waals surface area contributed by atoms with Gasteiger partial charge in [0.1, 0.15) is 33.5 Å². The maximum atomic E-state index is 14.8. The number of aromatic nitrogens is 3. The molecule has 1 aliphatic heterocycles. The molecule has 0 radical (unpaired) electrons. The molecule has 1 aliphatic rings. The molecule has 0 saturated heterocycles. The Balaban J connectivity index is 1.78. The van der Waals surface area contributed by atoms with E-state index in [2.05, 4.69) is 25.5 Å². The highest BCUT2D eigenvalue weighted by atomic mass is 32.2. The van der Waals surface area contributed by atoms with Crippen LogP contribution in [0.3, 0.4) is 0 Å². The number of nitrogens with two attached hydrogens (primary N) is 1. The molecule has 3 aromatic rings. The van der Waals surface area contributed by atoms with Gasteiger partial charge in [0.2, 0.25) is 0 Å². The van der Waals surface area contributed by atoms with Gasteiger partial charge in [-0.2, -0.15) is 10.4 Å². The Morgan fingerprint density at radius 3 is 2.66 bits per heavy atom. The summed E-state index contributed by atoms with van der Waals surface area (Å²) in [6.45, 7) is 4.51. The van der Waals surface area contributed by atoms with Crippen LogP contribution in [0.1, 0.15) is 31.9 Å². The van der Waals surface area contributed by atoms with Crippen molar-refractivity contribution < 1.29 is 12.8 Å². The second-order valence-corrected chi connectivity index (χ2v) is 10.9. The number of rotatable bonds is 3. The minimum absolute atomic E-state index is 0.0681. The number of fused-ring (bicyclic) bond motifs is 1. The summed E-state index contributed by atoms with van der Waals surface area (Å²) in [7, 11) is -3.69. The average molecular weight is 454 g/mol. The van der Waals surface area contributed by atoms with Crippen molar-refractivity contribution in [2.75, 3.05) is 11.1 Å². The zero-order valence-electron chi connectivity index (χ0n) is 17.6. The molecule has 0 unspecified atom stereocenters. The summed E-state index contributed by atoms with van der Waals surface area (Å²) < 4.78 is 39.2. The molecule has 0 aliphatic carbocycles. The van der Waals surface area contributed by atoms with E-state index in [4.69, 9.17) is 11.0 Å². The molecular formula is C21H20FN7O2S. The Morgan fingerprint density at radius 2 is 1.97 bits per heavy atom. The predicted octanol–water partition coefficient (Wildman–Crippen LogP) is 2.56. The molecule has 0 bridgehead atoms. The molecule has 11 heteroatoms. The van der Waals surface area contributed by atoms with Crippen LogP contribution in [0.2, 0.25) is 0 Å². The van der Waals surface area contributed by atoms with Crippen LogP contribution in [0.15, 0.2) is 41.7 Å². The van der Waals surface area contributed by atoms with Gasteiger partial charge in [-0.15, -0.1) is 5.10 Å². The molecule has 0 amide bonds. The Morgan fingerprint density at radius 1 is 1.22 bits per heavy atom. The largest absolute Gasteiger partial charge is 0.386 e. The fourth-order valence-electron chi connectivity index (χ4n) is 3.55. The highest BCUT2D eigenvalue weighted by Crippen LogP contribution is 2.39. The van der Waals surface area contributed by atoms with Crippen LogP contribution in [0.5, 0.6) is 0 Å². The molecule has 1 atom stereocenters. The van der Waals surface area contributed by atoms with Crippen LogP contribution < -0.4 is 11.1 Å². The number of amidine groups is 1. The van der Waals surface area contributed by atoms with Gasteiger partial charge in [-0.25, -0.2) is 12.8 Å². The van der Waals surface area contributed by atoms with Crippen molar-refractivity contribution in [1.29, 1.82) is 5.26 Å². The molecular weight excluding hydrogens is 433 g/mol. The molecule has 0 saturated carbocycles. The number of nitriles is 1. The Bertz CT molecular complexity index is 1430. The average Bonchev–Trinajstić information content (AvgIpc) is 2.73. The number of nitrogens with one attached hydrogen (secondary N) is 1. The number of sulfone groups is 1. The third-order valence-electron chi connectivity index (χ3n) is 5.67. The minimum Gasteiger partial charge on any atom is -0.386 e. The Kier molecular flexibility index (Phi) is 4.86.